The maximum atomic E-state index is 9.65. The number of rotatable bonds is 4. The molecule has 0 saturated heterocycles. The fourth-order valence-electron chi connectivity index (χ4n) is 7.36. The van der Waals surface area contributed by atoms with Crippen LogP contribution >= 0.6 is 0 Å². The van der Waals surface area contributed by atoms with E-state index >= 15 is 0 Å². The van der Waals surface area contributed by atoms with Crippen molar-refractivity contribution in [3.8, 4) is 45.8 Å². The van der Waals surface area contributed by atoms with Crippen LogP contribution in [0.5, 0.6) is 0 Å². The number of nitrogens with zero attached hydrogens (tertiary/aromatic N) is 5. The fourth-order valence-corrected chi connectivity index (χ4v) is 7.36. The molecule has 0 fully saturated rings. The maximum absolute atomic E-state index is 9.65. The van der Waals surface area contributed by atoms with Crippen LogP contribution in [0, 0.1) is 29.2 Å². The van der Waals surface area contributed by atoms with Gasteiger partial charge in [-0.25, -0.2) is 4.85 Å². The summed E-state index contributed by atoms with van der Waals surface area (Å²) in [5.74, 6) is 0. The third-order valence-corrected chi connectivity index (χ3v) is 9.59. The van der Waals surface area contributed by atoms with Gasteiger partial charge in [0.05, 0.1) is 57.6 Å². The second-order valence-corrected chi connectivity index (χ2v) is 12.3. The van der Waals surface area contributed by atoms with Crippen LogP contribution in [-0.4, -0.2) is 9.13 Å². The molecule has 0 bridgehead atoms. The minimum atomic E-state index is 0.553. The Morgan fingerprint density at radius 1 is 0.460 bits per heavy atom. The predicted molar refractivity (Wildman–Crippen MR) is 202 cm³/mol. The molecule has 9 rings (SSSR count). The van der Waals surface area contributed by atoms with Crippen LogP contribution in [0.15, 0.2) is 152 Å². The van der Waals surface area contributed by atoms with Crippen LogP contribution in [0.3, 0.4) is 0 Å². The van der Waals surface area contributed by atoms with Crippen LogP contribution < -0.4 is 0 Å². The van der Waals surface area contributed by atoms with Crippen LogP contribution in [0.2, 0.25) is 0 Å². The fraction of sp³-hybridized carbons (Fsp3) is 0. The summed E-state index contributed by atoms with van der Waals surface area (Å²) in [7, 11) is 0. The Morgan fingerprint density at radius 2 is 1.02 bits per heavy atom. The minimum Gasteiger partial charge on any atom is -0.318 e. The van der Waals surface area contributed by atoms with Crippen molar-refractivity contribution in [1.82, 2.24) is 9.13 Å². The highest BCUT2D eigenvalue weighted by Gasteiger charge is 2.20. The van der Waals surface area contributed by atoms with Crippen LogP contribution in [-0.2, 0) is 0 Å². The average molecular weight is 636 g/mol. The lowest BCUT2D eigenvalue weighted by Crippen LogP contribution is -1.98. The molecule has 0 atom stereocenters. The molecule has 0 amide bonds. The van der Waals surface area contributed by atoms with Crippen molar-refractivity contribution in [3.05, 3.63) is 174 Å². The van der Waals surface area contributed by atoms with Crippen molar-refractivity contribution in [1.29, 1.82) is 10.5 Å². The summed E-state index contributed by atoms with van der Waals surface area (Å²) in [5.41, 5.74) is 11.8. The van der Waals surface area contributed by atoms with E-state index < -0.39 is 0 Å². The number of aromatic nitrogens is 2. The summed E-state index contributed by atoms with van der Waals surface area (Å²) in [6.07, 6.45) is 0. The highest BCUT2D eigenvalue weighted by atomic mass is 15.0. The standard InChI is InChI=1S/C45H25N5/c1-48-40-13-7-12-35(45(40)50-42-15-5-3-11-37(42)39-25-30(28-47)17-23-44(39)50)33-9-6-8-32(26-33)31-18-20-34(21-19-31)49-41-14-4-2-10-36(41)38-24-29(27-46)16-22-43(38)49/h2-26H. The lowest BCUT2D eigenvalue weighted by molar-refractivity contribution is 1.18. The molecule has 0 spiro atoms. The summed E-state index contributed by atoms with van der Waals surface area (Å²) in [6.45, 7) is 8.16. The van der Waals surface area contributed by atoms with Crippen LogP contribution in [0.4, 0.5) is 5.69 Å². The topological polar surface area (TPSA) is 61.8 Å². The molecule has 5 heteroatoms. The monoisotopic (exact) mass is 635 g/mol. The van der Waals surface area contributed by atoms with Gasteiger partial charge in [-0.1, -0.05) is 84.9 Å². The average Bonchev–Trinajstić information content (AvgIpc) is 3.69. The van der Waals surface area contributed by atoms with Gasteiger partial charge in [0, 0.05) is 27.2 Å². The van der Waals surface area contributed by atoms with Gasteiger partial charge in [-0.05, 0) is 89.0 Å². The first-order valence-electron chi connectivity index (χ1n) is 16.3. The number of para-hydroxylation sites is 3. The molecule has 2 heterocycles. The second-order valence-electron chi connectivity index (χ2n) is 12.3. The zero-order valence-corrected chi connectivity index (χ0v) is 26.7. The molecule has 0 radical (unpaired) electrons. The Morgan fingerprint density at radius 3 is 1.66 bits per heavy atom. The van der Waals surface area contributed by atoms with Gasteiger partial charge in [0.15, 0.2) is 0 Å². The molecule has 0 aliphatic rings. The van der Waals surface area contributed by atoms with E-state index in [4.69, 9.17) is 6.57 Å². The Bertz CT molecular complexity index is 2960. The molecule has 50 heavy (non-hydrogen) atoms. The lowest BCUT2D eigenvalue weighted by Gasteiger charge is -2.17. The molecule has 0 aliphatic heterocycles. The van der Waals surface area contributed by atoms with Gasteiger partial charge in [-0.2, -0.15) is 10.5 Å². The van der Waals surface area contributed by atoms with Crippen LogP contribution in [0.25, 0.3) is 82.1 Å². The summed E-state index contributed by atoms with van der Waals surface area (Å²) >= 11 is 0. The maximum Gasteiger partial charge on any atom is 0.211 e. The lowest BCUT2D eigenvalue weighted by atomic mass is 9.97. The largest absolute Gasteiger partial charge is 0.318 e. The first-order valence-corrected chi connectivity index (χ1v) is 16.3. The molecule has 9 aromatic rings. The third-order valence-electron chi connectivity index (χ3n) is 9.59. The van der Waals surface area contributed by atoms with E-state index in [0.29, 0.717) is 16.8 Å². The number of hydrogen-bond donors (Lipinski definition) is 0. The van der Waals surface area contributed by atoms with Gasteiger partial charge < -0.3 is 9.13 Å². The van der Waals surface area contributed by atoms with Crippen LogP contribution in [0.1, 0.15) is 11.1 Å². The van der Waals surface area contributed by atoms with E-state index in [1.165, 1.54) is 0 Å². The van der Waals surface area contributed by atoms with Gasteiger partial charge in [0.2, 0.25) is 5.69 Å². The van der Waals surface area contributed by atoms with E-state index in [-0.39, 0.29) is 0 Å². The second kappa shape index (κ2) is 11.4. The molecule has 0 unspecified atom stereocenters. The Balaban J connectivity index is 1.18. The van der Waals surface area contributed by atoms with Crippen molar-refractivity contribution in [3.63, 3.8) is 0 Å². The van der Waals surface area contributed by atoms with E-state index in [0.717, 1.165) is 77.2 Å². The quantitative estimate of drug-likeness (QED) is 0.181. The van der Waals surface area contributed by atoms with E-state index in [1.54, 1.807) is 0 Å². The zero-order valence-electron chi connectivity index (χ0n) is 26.7. The molecule has 0 aliphatic carbocycles. The van der Waals surface area contributed by atoms with Crippen molar-refractivity contribution in [2.45, 2.75) is 0 Å². The Hall–Kier alpha value is -7.39. The van der Waals surface area contributed by atoms with Crippen molar-refractivity contribution in [2.75, 3.05) is 0 Å². The molecule has 7 aromatic carbocycles. The SMILES string of the molecule is [C-]#[N+]c1cccc(-c2cccc(-c3ccc(-n4c5ccccc5c5cc(C#N)ccc54)cc3)c2)c1-n1c2ccccc2c2cc(C#N)ccc21. The van der Waals surface area contributed by atoms with Crippen molar-refractivity contribution in [2.24, 2.45) is 0 Å². The normalized spacial score (nSPS) is 11.1. The first kappa shape index (κ1) is 28.8. The van der Waals surface area contributed by atoms with Gasteiger partial charge in [0.25, 0.3) is 0 Å². The molecule has 0 saturated carbocycles. The van der Waals surface area contributed by atoms with Gasteiger partial charge in [0.1, 0.15) is 0 Å². The van der Waals surface area contributed by atoms with Crippen molar-refractivity contribution < 1.29 is 0 Å². The third kappa shape index (κ3) is 4.38. The number of nitriles is 2. The summed E-state index contributed by atoms with van der Waals surface area (Å²) < 4.78 is 4.42. The Kier molecular flexibility index (Phi) is 6.56. The molecule has 5 nitrogen and oxygen atoms in total. The van der Waals surface area contributed by atoms with E-state index in [9.17, 15) is 10.5 Å². The molecular weight excluding hydrogens is 611 g/mol. The molecule has 2 aromatic heterocycles. The predicted octanol–water partition coefficient (Wildman–Crippen LogP) is 11.5. The Labute approximate surface area is 288 Å². The zero-order chi connectivity index (χ0) is 33.8. The molecular formula is C45H25N5. The summed E-state index contributed by atoms with van der Waals surface area (Å²) in [6, 6.07) is 55.6. The highest BCUT2D eigenvalue weighted by Crippen LogP contribution is 2.42. The number of benzene rings is 7. The molecule has 0 N–H and O–H groups in total. The molecule has 230 valence electrons. The first-order chi connectivity index (χ1) is 24.7. The smallest absolute Gasteiger partial charge is 0.211 e. The van der Waals surface area contributed by atoms with Gasteiger partial charge in [-0.15, -0.1) is 0 Å². The van der Waals surface area contributed by atoms with Gasteiger partial charge >= 0.3 is 0 Å². The number of hydrogen-bond acceptors (Lipinski definition) is 2. The van der Waals surface area contributed by atoms with Gasteiger partial charge in [-0.3, -0.25) is 0 Å². The van der Waals surface area contributed by atoms with E-state index in [1.807, 2.05) is 72.8 Å². The van der Waals surface area contributed by atoms with E-state index in [2.05, 4.69) is 105 Å². The highest BCUT2D eigenvalue weighted by molar-refractivity contribution is 6.11. The van der Waals surface area contributed by atoms with Crippen molar-refractivity contribution >= 4 is 49.3 Å². The summed E-state index contributed by atoms with van der Waals surface area (Å²) in [4.78, 5) is 3.99. The summed E-state index contributed by atoms with van der Waals surface area (Å²) in [5, 5.41) is 23.4. The number of fused-ring (bicyclic) bond motifs is 6. The minimum absolute atomic E-state index is 0.553.